The minimum atomic E-state index is -0.973. The Kier molecular flexibility index (Phi) is 5.04. The lowest BCUT2D eigenvalue weighted by Gasteiger charge is -2.33. The monoisotopic (exact) mass is 405 g/mol. The van der Waals surface area contributed by atoms with Crippen LogP contribution in [0.4, 0.5) is 0 Å². The molecule has 1 saturated heterocycles. The zero-order valence-electron chi connectivity index (χ0n) is 11.3. The van der Waals surface area contributed by atoms with Gasteiger partial charge in [0.1, 0.15) is 5.75 Å². The molecule has 1 aromatic carbocycles. The Labute approximate surface area is 135 Å². The number of carboxylic acid groups (broad SMARTS) is 1. The summed E-state index contributed by atoms with van der Waals surface area (Å²) in [7, 11) is 0. The van der Waals surface area contributed by atoms with Gasteiger partial charge in [0.25, 0.3) is 5.91 Å². The van der Waals surface area contributed by atoms with E-state index in [0.29, 0.717) is 35.2 Å². The van der Waals surface area contributed by atoms with Gasteiger partial charge < -0.3 is 20.3 Å². The molecule has 114 valence electrons. The lowest BCUT2D eigenvalue weighted by Crippen LogP contribution is -2.46. The number of hydrogen-bond acceptors (Lipinski definition) is 4. The van der Waals surface area contributed by atoms with Crippen LogP contribution < -0.4 is 5.32 Å². The third-order valence-corrected chi connectivity index (χ3v) is 4.61. The van der Waals surface area contributed by atoms with Crippen molar-refractivity contribution < 1.29 is 24.5 Å². The number of ether oxygens (including phenoxy) is 1. The molecule has 1 aliphatic heterocycles. The summed E-state index contributed by atoms with van der Waals surface area (Å²) < 4.78 is 5.83. The van der Waals surface area contributed by atoms with E-state index in [-0.39, 0.29) is 12.3 Å². The van der Waals surface area contributed by atoms with Gasteiger partial charge in [0.2, 0.25) is 0 Å². The number of aliphatic carboxylic acids is 1. The van der Waals surface area contributed by atoms with E-state index in [2.05, 4.69) is 5.32 Å². The molecule has 0 bridgehead atoms. The maximum Gasteiger partial charge on any atom is 0.311 e. The quantitative estimate of drug-likeness (QED) is 0.662. The maximum absolute atomic E-state index is 12.1. The van der Waals surface area contributed by atoms with Gasteiger partial charge in [-0.3, -0.25) is 9.59 Å². The molecule has 1 heterocycles. The Bertz CT molecular complexity index is 554. The normalized spacial score (nSPS) is 17.2. The van der Waals surface area contributed by atoms with Crippen molar-refractivity contribution in [2.24, 2.45) is 5.41 Å². The number of benzene rings is 1. The molecule has 0 unspecified atom stereocenters. The van der Waals surface area contributed by atoms with E-state index in [9.17, 15) is 19.8 Å². The summed E-state index contributed by atoms with van der Waals surface area (Å²) in [6.07, 6.45) is 0.751. The van der Waals surface area contributed by atoms with E-state index in [4.69, 9.17) is 4.74 Å². The lowest BCUT2D eigenvalue weighted by molar-refractivity contribution is -0.154. The van der Waals surface area contributed by atoms with Crippen molar-refractivity contribution in [3.63, 3.8) is 0 Å². The second-order valence-corrected chi connectivity index (χ2v) is 6.21. The van der Waals surface area contributed by atoms with Crippen LogP contribution in [0.5, 0.6) is 5.75 Å². The highest BCUT2D eigenvalue weighted by Gasteiger charge is 2.40. The zero-order valence-corrected chi connectivity index (χ0v) is 13.4. The Morgan fingerprint density at radius 1 is 1.33 bits per heavy atom. The zero-order chi connectivity index (χ0) is 15.5. The Morgan fingerprint density at radius 3 is 2.57 bits per heavy atom. The van der Waals surface area contributed by atoms with Gasteiger partial charge in [-0.05, 0) is 53.6 Å². The van der Waals surface area contributed by atoms with Gasteiger partial charge in [-0.2, -0.15) is 0 Å². The summed E-state index contributed by atoms with van der Waals surface area (Å²) in [5.41, 5.74) is -0.667. The highest BCUT2D eigenvalue weighted by Crippen LogP contribution is 2.30. The molecule has 1 fully saturated rings. The van der Waals surface area contributed by atoms with Crippen molar-refractivity contribution in [3.8, 4) is 5.75 Å². The summed E-state index contributed by atoms with van der Waals surface area (Å²) in [6.45, 7) is 0.816. The number of nitrogens with one attached hydrogen (secondary N) is 1. The van der Waals surface area contributed by atoms with E-state index >= 15 is 0 Å². The largest absolute Gasteiger partial charge is 0.507 e. The third kappa shape index (κ3) is 3.65. The van der Waals surface area contributed by atoms with E-state index in [1.165, 1.54) is 6.07 Å². The molecule has 6 nitrogen and oxygen atoms in total. The summed E-state index contributed by atoms with van der Waals surface area (Å²) in [6, 6.07) is 4.59. The van der Waals surface area contributed by atoms with Crippen molar-refractivity contribution >= 4 is 34.5 Å². The standard InChI is InChI=1S/C14H16INO5/c15-10-2-1-9(7-11(10)17)12(18)16-8-14(13(19)20)3-5-21-6-4-14/h1-2,7,17H,3-6,8H2,(H,16,18)(H,19,20). The second kappa shape index (κ2) is 6.61. The molecule has 0 spiro atoms. The number of carbonyl (C=O) groups excluding carboxylic acids is 1. The highest BCUT2D eigenvalue weighted by atomic mass is 127. The van der Waals surface area contributed by atoms with E-state index < -0.39 is 17.3 Å². The van der Waals surface area contributed by atoms with Crippen LogP contribution in [-0.4, -0.2) is 41.8 Å². The smallest absolute Gasteiger partial charge is 0.311 e. The predicted molar refractivity (Wildman–Crippen MR) is 83.3 cm³/mol. The minimum absolute atomic E-state index is 0.0299. The van der Waals surface area contributed by atoms with Crippen molar-refractivity contribution in [2.45, 2.75) is 12.8 Å². The Balaban J connectivity index is 2.05. The van der Waals surface area contributed by atoms with E-state index in [1.807, 2.05) is 22.6 Å². The summed E-state index contributed by atoms with van der Waals surface area (Å²) in [5, 5.41) is 21.7. The molecule has 0 aromatic heterocycles. The number of carbonyl (C=O) groups is 2. The Hall–Kier alpha value is -1.35. The molecule has 3 N–H and O–H groups in total. The molecule has 2 rings (SSSR count). The fourth-order valence-corrected chi connectivity index (χ4v) is 2.57. The third-order valence-electron chi connectivity index (χ3n) is 3.70. The molecule has 21 heavy (non-hydrogen) atoms. The number of rotatable bonds is 4. The van der Waals surface area contributed by atoms with Crippen LogP contribution in [0.1, 0.15) is 23.2 Å². The SMILES string of the molecule is O=C(NCC1(C(=O)O)CCOCC1)c1ccc(I)c(O)c1. The van der Waals surface area contributed by atoms with Gasteiger partial charge in [0.15, 0.2) is 0 Å². The number of amides is 1. The van der Waals surface area contributed by atoms with Crippen LogP contribution in [0.15, 0.2) is 18.2 Å². The first-order valence-electron chi connectivity index (χ1n) is 6.52. The van der Waals surface area contributed by atoms with Crippen molar-refractivity contribution in [2.75, 3.05) is 19.8 Å². The van der Waals surface area contributed by atoms with Crippen LogP contribution in [-0.2, 0) is 9.53 Å². The van der Waals surface area contributed by atoms with Crippen molar-refractivity contribution in [1.82, 2.24) is 5.32 Å². The molecule has 0 atom stereocenters. The predicted octanol–water partition coefficient (Wildman–Crippen LogP) is 1.61. The number of halogens is 1. The number of phenols is 1. The van der Waals surface area contributed by atoms with Crippen LogP contribution in [0.3, 0.4) is 0 Å². The summed E-state index contributed by atoms with van der Waals surface area (Å²) in [5.74, 6) is -1.28. The van der Waals surface area contributed by atoms with Gasteiger partial charge in [-0.15, -0.1) is 0 Å². The van der Waals surface area contributed by atoms with Gasteiger partial charge in [0.05, 0.1) is 8.99 Å². The summed E-state index contributed by atoms with van der Waals surface area (Å²) >= 11 is 1.96. The molecule has 1 aromatic rings. The fourth-order valence-electron chi connectivity index (χ4n) is 2.23. The average Bonchev–Trinajstić information content (AvgIpc) is 2.48. The number of hydrogen-bond donors (Lipinski definition) is 3. The molecule has 1 aliphatic rings. The number of carboxylic acids is 1. The topological polar surface area (TPSA) is 95.9 Å². The highest BCUT2D eigenvalue weighted by molar-refractivity contribution is 14.1. The molecule has 7 heteroatoms. The van der Waals surface area contributed by atoms with Gasteiger partial charge in [-0.1, -0.05) is 0 Å². The molecular weight excluding hydrogens is 389 g/mol. The van der Waals surface area contributed by atoms with Gasteiger partial charge >= 0.3 is 5.97 Å². The first-order valence-corrected chi connectivity index (χ1v) is 7.60. The molecular formula is C14H16INO5. The first-order chi connectivity index (χ1) is 9.94. The van der Waals surface area contributed by atoms with Gasteiger partial charge in [0, 0.05) is 25.3 Å². The van der Waals surface area contributed by atoms with Crippen LogP contribution in [0, 0.1) is 8.99 Å². The van der Waals surface area contributed by atoms with E-state index in [0.717, 1.165) is 0 Å². The average molecular weight is 405 g/mol. The fraction of sp³-hybridized carbons (Fsp3) is 0.429. The van der Waals surface area contributed by atoms with Crippen LogP contribution in [0.2, 0.25) is 0 Å². The van der Waals surface area contributed by atoms with Crippen LogP contribution >= 0.6 is 22.6 Å². The first kappa shape index (κ1) is 16.0. The number of phenolic OH excluding ortho intramolecular Hbond substituents is 1. The summed E-state index contributed by atoms with van der Waals surface area (Å²) in [4.78, 5) is 23.5. The van der Waals surface area contributed by atoms with Gasteiger partial charge in [-0.25, -0.2) is 0 Å². The van der Waals surface area contributed by atoms with Crippen molar-refractivity contribution in [1.29, 1.82) is 0 Å². The van der Waals surface area contributed by atoms with E-state index in [1.54, 1.807) is 12.1 Å². The van der Waals surface area contributed by atoms with Crippen LogP contribution in [0.25, 0.3) is 0 Å². The Morgan fingerprint density at radius 2 is 2.00 bits per heavy atom. The number of aromatic hydroxyl groups is 1. The van der Waals surface area contributed by atoms with Crippen molar-refractivity contribution in [3.05, 3.63) is 27.3 Å². The maximum atomic E-state index is 12.1. The minimum Gasteiger partial charge on any atom is -0.507 e. The molecule has 0 radical (unpaired) electrons. The molecule has 1 amide bonds. The second-order valence-electron chi connectivity index (χ2n) is 5.05. The molecule has 0 aliphatic carbocycles. The lowest BCUT2D eigenvalue weighted by atomic mass is 9.80. The molecule has 0 saturated carbocycles.